The fraction of sp³-hybridized carbons (Fsp3) is 0.600. The van der Waals surface area contributed by atoms with Crippen molar-refractivity contribution in [3.8, 4) is 0 Å². The third-order valence-electron chi connectivity index (χ3n) is 2.69. The number of nitrogens with one attached hydrogen (secondary N) is 1. The van der Waals surface area contributed by atoms with Crippen LogP contribution in [0.1, 0.15) is 24.4 Å². The monoisotopic (exact) mass is 209 g/mol. The van der Waals surface area contributed by atoms with Crippen molar-refractivity contribution < 1.29 is 9.32 Å². The van der Waals surface area contributed by atoms with Crippen LogP contribution in [0.3, 0.4) is 0 Å². The van der Waals surface area contributed by atoms with E-state index in [1.54, 1.807) is 6.07 Å². The van der Waals surface area contributed by atoms with Crippen LogP contribution in [0.4, 0.5) is 0 Å². The molecule has 1 amide bonds. The lowest BCUT2D eigenvalue weighted by Crippen LogP contribution is -2.59. The van der Waals surface area contributed by atoms with E-state index in [0.29, 0.717) is 12.3 Å². The Morgan fingerprint density at radius 2 is 2.47 bits per heavy atom. The first-order valence-electron chi connectivity index (χ1n) is 5.05. The predicted octanol–water partition coefficient (Wildman–Crippen LogP) is 0.499. The van der Waals surface area contributed by atoms with Crippen LogP contribution in [0.15, 0.2) is 16.8 Å². The smallest absolute Gasteiger partial charge is 0.292 e. The van der Waals surface area contributed by atoms with E-state index in [9.17, 15) is 4.79 Å². The average molecular weight is 209 g/mol. The van der Waals surface area contributed by atoms with Crippen LogP contribution < -0.4 is 5.32 Å². The zero-order valence-corrected chi connectivity index (χ0v) is 8.99. The maximum atomic E-state index is 12.0. The predicted molar refractivity (Wildman–Crippen MR) is 54.5 cm³/mol. The molecule has 1 saturated heterocycles. The molecule has 1 aromatic heterocycles. The highest BCUT2D eigenvalue weighted by molar-refractivity contribution is 5.91. The summed E-state index contributed by atoms with van der Waals surface area (Å²) >= 11 is 0. The van der Waals surface area contributed by atoms with Gasteiger partial charge in [-0.25, -0.2) is 0 Å². The minimum Gasteiger partial charge on any atom is -0.351 e. The van der Waals surface area contributed by atoms with E-state index in [4.69, 9.17) is 4.52 Å². The SMILES string of the molecule is CC1(C)CNCCN1C(=O)c1ccno1. The number of aromatic nitrogens is 1. The Kier molecular flexibility index (Phi) is 2.48. The van der Waals surface area contributed by atoms with Gasteiger partial charge < -0.3 is 14.7 Å². The highest BCUT2D eigenvalue weighted by atomic mass is 16.5. The van der Waals surface area contributed by atoms with Crippen molar-refractivity contribution in [2.45, 2.75) is 19.4 Å². The maximum absolute atomic E-state index is 12.0. The van der Waals surface area contributed by atoms with Gasteiger partial charge in [-0.1, -0.05) is 5.16 Å². The van der Waals surface area contributed by atoms with Crippen LogP contribution in [0.5, 0.6) is 0 Å². The maximum Gasteiger partial charge on any atom is 0.292 e. The largest absolute Gasteiger partial charge is 0.351 e. The summed E-state index contributed by atoms with van der Waals surface area (Å²) in [4.78, 5) is 13.9. The molecular formula is C10H15N3O2. The lowest BCUT2D eigenvalue weighted by atomic mass is 10.00. The van der Waals surface area contributed by atoms with E-state index >= 15 is 0 Å². The van der Waals surface area contributed by atoms with Gasteiger partial charge in [-0.2, -0.15) is 0 Å². The topological polar surface area (TPSA) is 58.4 Å². The number of rotatable bonds is 1. The molecular weight excluding hydrogens is 194 g/mol. The second kappa shape index (κ2) is 3.66. The zero-order chi connectivity index (χ0) is 10.9. The Morgan fingerprint density at radius 3 is 3.07 bits per heavy atom. The average Bonchev–Trinajstić information content (AvgIpc) is 2.69. The van der Waals surface area contributed by atoms with Gasteiger partial charge in [0, 0.05) is 25.7 Å². The van der Waals surface area contributed by atoms with Crippen molar-refractivity contribution in [2.24, 2.45) is 0 Å². The first-order valence-corrected chi connectivity index (χ1v) is 5.05. The Morgan fingerprint density at radius 1 is 1.67 bits per heavy atom. The molecule has 5 heteroatoms. The van der Waals surface area contributed by atoms with Crippen molar-refractivity contribution in [1.82, 2.24) is 15.4 Å². The molecule has 15 heavy (non-hydrogen) atoms. The summed E-state index contributed by atoms with van der Waals surface area (Å²) in [6, 6.07) is 1.60. The molecule has 0 aromatic carbocycles. The van der Waals surface area contributed by atoms with Gasteiger partial charge in [0.2, 0.25) is 5.76 Å². The number of carbonyl (C=O) groups excluding carboxylic acids is 1. The summed E-state index contributed by atoms with van der Waals surface area (Å²) in [5, 5.41) is 6.81. The van der Waals surface area contributed by atoms with E-state index in [2.05, 4.69) is 10.5 Å². The lowest BCUT2D eigenvalue weighted by Gasteiger charge is -2.42. The van der Waals surface area contributed by atoms with Crippen molar-refractivity contribution in [1.29, 1.82) is 0 Å². The van der Waals surface area contributed by atoms with Crippen molar-refractivity contribution in [3.63, 3.8) is 0 Å². The highest BCUT2D eigenvalue weighted by Gasteiger charge is 2.34. The lowest BCUT2D eigenvalue weighted by molar-refractivity contribution is 0.0437. The van der Waals surface area contributed by atoms with E-state index in [1.165, 1.54) is 6.20 Å². The van der Waals surface area contributed by atoms with E-state index in [0.717, 1.165) is 13.1 Å². The van der Waals surface area contributed by atoms with Crippen LogP contribution in [-0.2, 0) is 0 Å². The van der Waals surface area contributed by atoms with E-state index in [1.807, 2.05) is 18.7 Å². The van der Waals surface area contributed by atoms with Gasteiger partial charge in [0.25, 0.3) is 5.91 Å². The van der Waals surface area contributed by atoms with Gasteiger partial charge in [-0.3, -0.25) is 4.79 Å². The Labute approximate surface area is 88.4 Å². The number of piperazine rings is 1. The zero-order valence-electron chi connectivity index (χ0n) is 8.99. The Balaban J connectivity index is 2.19. The van der Waals surface area contributed by atoms with E-state index < -0.39 is 0 Å². The molecule has 2 heterocycles. The Hall–Kier alpha value is -1.36. The molecule has 2 rings (SSSR count). The molecule has 82 valence electrons. The quantitative estimate of drug-likeness (QED) is 0.731. The van der Waals surface area contributed by atoms with Crippen LogP contribution in [0.2, 0.25) is 0 Å². The molecule has 1 N–H and O–H groups in total. The number of carbonyl (C=O) groups is 1. The second-order valence-electron chi connectivity index (χ2n) is 4.32. The third-order valence-corrected chi connectivity index (χ3v) is 2.69. The van der Waals surface area contributed by atoms with Gasteiger partial charge >= 0.3 is 0 Å². The summed E-state index contributed by atoms with van der Waals surface area (Å²) in [6.45, 7) is 6.39. The number of nitrogens with zero attached hydrogens (tertiary/aromatic N) is 2. The van der Waals surface area contributed by atoms with Crippen LogP contribution >= 0.6 is 0 Å². The summed E-state index contributed by atoms with van der Waals surface area (Å²) in [6.07, 6.45) is 1.49. The molecule has 5 nitrogen and oxygen atoms in total. The third kappa shape index (κ3) is 1.87. The van der Waals surface area contributed by atoms with Crippen LogP contribution in [0.25, 0.3) is 0 Å². The summed E-state index contributed by atoms with van der Waals surface area (Å²) < 4.78 is 4.88. The molecule has 1 aromatic rings. The minimum absolute atomic E-state index is 0.0843. The van der Waals surface area contributed by atoms with Crippen molar-refractivity contribution >= 4 is 5.91 Å². The van der Waals surface area contributed by atoms with E-state index in [-0.39, 0.29) is 11.4 Å². The Bertz CT molecular complexity index is 346. The standard InChI is InChI=1S/C10H15N3O2/c1-10(2)7-11-5-6-13(10)9(14)8-3-4-12-15-8/h3-4,11H,5-7H2,1-2H3. The molecule has 0 aliphatic carbocycles. The second-order valence-corrected chi connectivity index (χ2v) is 4.32. The van der Waals surface area contributed by atoms with Crippen molar-refractivity contribution in [2.75, 3.05) is 19.6 Å². The van der Waals surface area contributed by atoms with Crippen LogP contribution in [0, 0.1) is 0 Å². The molecule has 0 atom stereocenters. The van der Waals surface area contributed by atoms with Gasteiger partial charge in [0.05, 0.1) is 11.7 Å². The highest BCUT2D eigenvalue weighted by Crippen LogP contribution is 2.19. The summed E-state index contributed by atoms with van der Waals surface area (Å²) in [5.74, 6) is 0.226. The molecule has 0 radical (unpaired) electrons. The van der Waals surface area contributed by atoms with Crippen molar-refractivity contribution in [3.05, 3.63) is 18.0 Å². The van der Waals surface area contributed by atoms with Gasteiger partial charge in [0.15, 0.2) is 0 Å². The number of hydrogen-bond donors (Lipinski definition) is 1. The normalized spacial score (nSPS) is 20.3. The first-order chi connectivity index (χ1) is 7.11. The molecule has 1 fully saturated rings. The first kappa shape index (κ1) is 10.2. The fourth-order valence-corrected chi connectivity index (χ4v) is 1.82. The van der Waals surface area contributed by atoms with Gasteiger partial charge in [-0.05, 0) is 13.8 Å². The summed E-state index contributed by atoms with van der Waals surface area (Å²) in [5.41, 5.74) is -0.178. The number of hydrogen-bond acceptors (Lipinski definition) is 4. The number of amides is 1. The molecule has 0 spiro atoms. The summed E-state index contributed by atoms with van der Waals surface area (Å²) in [7, 11) is 0. The molecule has 0 unspecified atom stereocenters. The minimum atomic E-state index is -0.178. The molecule has 0 saturated carbocycles. The van der Waals surface area contributed by atoms with Gasteiger partial charge in [0.1, 0.15) is 0 Å². The van der Waals surface area contributed by atoms with Crippen LogP contribution in [-0.4, -0.2) is 41.1 Å². The molecule has 1 aliphatic heterocycles. The molecule has 1 aliphatic rings. The van der Waals surface area contributed by atoms with Gasteiger partial charge in [-0.15, -0.1) is 0 Å². The fourth-order valence-electron chi connectivity index (χ4n) is 1.82. The molecule has 0 bridgehead atoms.